The molecule has 24 heavy (non-hydrogen) atoms. The highest BCUT2D eigenvalue weighted by atomic mass is 16.5. The Morgan fingerprint density at radius 3 is 2.96 bits per heavy atom. The van der Waals surface area contributed by atoms with E-state index in [1.54, 1.807) is 24.5 Å². The molecule has 128 valence electrons. The zero-order chi connectivity index (χ0) is 17.1. The van der Waals surface area contributed by atoms with Gasteiger partial charge < -0.3 is 14.5 Å². The van der Waals surface area contributed by atoms with Crippen molar-refractivity contribution in [3.8, 4) is 5.88 Å². The molecule has 0 bridgehead atoms. The number of hydrogen-bond acceptors (Lipinski definition) is 5. The molecule has 1 aliphatic rings. The Balaban J connectivity index is 1.94. The van der Waals surface area contributed by atoms with Crippen molar-refractivity contribution < 1.29 is 9.53 Å². The van der Waals surface area contributed by atoms with Gasteiger partial charge in [0.2, 0.25) is 5.88 Å². The molecule has 0 fully saturated rings. The molecule has 0 saturated carbocycles. The average molecular weight is 329 g/mol. The topological polar surface area (TPSA) is 63.5 Å². The second kappa shape index (κ2) is 7.00. The highest BCUT2D eigenvalue weighted by Crippen LogP contribution is 2.23. The zero-order valence-corrected chi connectivity index (χ0v) is 14.3. The third-order valence-corrected chi connectivity index (χ3v) is 4.28. The van der Waals surface area contributed by atoms with E-state index >= 15 is 0 Å². The molecule has 1 aliphatic heterocycles. The summed E-state index contributed by atoms with van der Waals surface area (Å²) in [6.45, 7) is 2.16. The van der Waals surface area contributed by atoms with Crippen LogP contribution in [0.25, 0.3) is 0 Å². The minimum atomic E-state index is -0.0542. The van der Waals surface area contributed by atoms with Crippen LogP contribution >= 0.6 is 0 Å². The van der Waals surface area contributed by atoms with Gasteiger partial charge in [-0.15, -0.1) is 0 Å². The average Bonchev–Trinajstić information content (AvgIpc) is 2.96. The molecular weight excluding hydrogens is 306 g/mol. The summed E-state index contributed by atoms with van der Waals surface area (Å²) in [6.07, 6.45) is 4.28. The number of aromatic nitrogens is 3. The molecule has 2 aromatic rings. The summed E-state index contributed by atoms with van der Waals surface area (Å²) in [7, 11) is 5.58. The molecule has 0 spiro atoms. The number of hydrogen-bond donors (Lipinski definition) is 0. The molecule has 1 amide bonds. The molecule has 0 radical (unpaired) electrons. The molecule has 0 aromatic carbocycles. The maximum atomic E-state index is 13.2. The zero-order valence-electron chi connectivity index (χ0n) is 14.3. The first kappa shape index (κ1) is 16.4. The van der Waals surface area contributed by atoms with E-state index in [9.17, 15) is 4.79 Å². The third-order valence-electron chi connectivity index (χ3n) is 4.28. The van der Waals surface area contributed by atoms with Gasteiger partial charge in [-0.1, -0.05) is 0 Å². The Morgan fingerprint density at radius 1 is 1.38 bits per heavy atom. The summed E-state index contributed by atoms with van der Waals surface area (Å²) < 4.78 is 7.26. The van der Waals surface area contributed by atoms with E-state index in [2.05, 4.69) is 15.0 Å². The smallest absolute Gasteiger partial charge is 0.259 e. The first-order valence-electron chi connectivity index (χ1n) is 8.05. The number of pyridine rings is 1. The lowest BCUT2D eigenvalue weighted by Gasteiger charge is -2.32. The van der Waals surface area contributed by atoms with Crippen LogP contribution in [0.1, 0.15) is 22.5 Å². The van der Waals surface area contributed by atoms with Crippen LogP contribution in [0.2, 0.25) is 0 Å². The number of methoxy groups -OCH3 is 1. The van der Waals surface area contributed by atoms with Crippen molar-refractivity contribution in [3.63, 3.8) is 0 Å². The number of aryl methyl sites for hydroxylation is 1. The first-order chi connectivity index (χ1) is 11.6. The number of fused-ring (bicyclic) bond motifs is 1. The Morgan fingerprint density at radius 2 is 2.21 bits per heavy atom. The highest BCUT2D eigenvalue weighted by Gasteiger charge is 2.30. The molecule has 0 N–H and O–H groups in total. The van der Waals surface area contributed by atoms with Gasteiger partial charge in [-0.2, -0.15) is 5.10 Å². The standard InChI is InChI=1S/C17H23N5O2/c1-20(2)11-13-7-10-22-14(6-9-19-22)12-21(13)17(23)15-5-4-8-18-16(15)24-3/h4-6,8-9,13H,7,10-12H2,1-3H3/t13-/m1/s1. The summed E-state index contributed by atoms with van der Waals surface area (Å²) in [5.74, 6) is 0.310. The van der Waals surface area contributed by atoms with Crippen LogP contribution in [0.4, 0.5) is 0 Å². The quantitative estimate of drug-likeness (QED) is 0.845. The summed E-state index contributed by atoms with van der Waals surface area (Å²) in [5, 5.41) is 4.36. The fourth-order valence-corrected chi connectivity index (χ4v) is 3.15. The van der Waals surface area contributed by atoms with E-state index in [4.69, 9.17) is 4.74 Å². The largest absolute Gasteiger partial charge is 0.480 e. The van der Waals surface area contributed by atoms with Gasteiger partial charge >= 0.3 is 0 Å². The van der Waals surface area contributed by atoms with Gasteiger partial charge in [-0.25, -0.2) is 4.98 Å². The lowest BCUT2D eigenvalue weighted by atomic mass is 10.1. The van der Waals surface area contributed by atoms with Gasteiger partial charge in [0, 0.05) is 31.5 Å². The number of ether oxygens (including phenoxy) is 1. The molecule has 0 saturated heterocycles. The predicted octanol–water partition coefficient (Wildman–Crippen LogP) is 1.26. The summed E-state index contributed by atoms with van der Waals surface area (Å²) >= 11 is 0. The molecule has 3 heterocycles. The maximum absolute atomic E-state index is 13.2. The van der Waals surface area contributed by atoms with Gasteiger partial charge in [-0.3, -0.25) is 9.48 Å². The summed E-state index contributed by atoms with van der Waals surface area (Å²) in [5.41, 5.74) is 1.55. The highest BCUT2D eigenvalue weighted by molar-refractivity contribution is 5.96. The Labute approximate surface area is 141 Å². The van der Waals surface area contributed by atoms with Crippen LogP contribution in [0.3, 0.4) is 0 Å². The normalized spacial score (nSPS) is 17.5. The van der Waals surface area contributed by atoms with Gasteiger partial charge in [-0.05, 0) is 38.7 Å². The number of rotatable bonds is 4. The SMILES string of the molecule is COc1ncccc1C(=O)N1Cc2ccnn2CC[C@@H]1CN(C)C. The van der Waals surface area contributed by atoms with Crippen LogP contribution in [0.5, 0.6) is 5.88 Å². The van der Waals surface area contributed by atoms with Crippen LogP contribution < -0.4 is 4.74 Å². The number of carbonyl (C=O) groups excluding carboxylic acids is 1. The maximum Gasteiger partial charge on any atom is 0.259 e. The predicted molar refractivity (Wildman–Crippen MR) is 89.8 cm³/mol. The monoisotopic (exact) mass is 329 g/mol. The first-order valence-corrected chi connectivity index (χ1v) is 8.05. The molecule has 2 aromatic heterocycles. The molecule has 7 heteroatoms. The van der Waals surface area contributed by atoms with Crippen LogP contribution in [0.15, 0.2) is 30.6 Å². The summed E-state index contributed by atoms with van der Waals surface area (Å²) in [6, 6.07) is 5.61. The number of carbonyl (C=O) groups is 1. The minimum absolute atomic E-state index is 0.0542. The lowest BCUT2D eigenvalue weighted by Crippen LogP contribution is -2.44. The van der Waals surface area contributed by atoms with Crippen molar-refractivity contribution in [1.29, 1.82) is 0 Å². The van der Waals surface area contributed by atoms with E-state index in [0.717, 1.165) is 25.2 Å². The van der Waals surface area contributed by atoms with E-state index in [1.165, 1.54) is 7.11 Å². The van der Waals surface area contributed by atoms with Crippen LogP contribution in [0, 0.1) is 0 Å². The van der Waals surface area contributed by atoms with Crippen molar-refractivity contribution in [2.45, 2.75) is 25.6 Å². The molecule has 1 atom stereocenters. The Kier molecular flexibility index (Phi) is 4.80. The fourth-order valence-electron chi connectivity index (χ4n) is 3.15. The molecule has 0 aliphatic carbocycles. The van der Waals surface area contributed by atoms with Crippen molar-refractivity contribution in [2.24, 2.45) is 0 Å². The summed E-state index contributed by atoms with van der Waals surface area (Å²) in [4.78, 5) is 21.4. The molecule has 0 unspecified atom stereocenters. The van der Waals surface area contributed by atoms with Gasteiger partial charge in [0.15, 0.2) is 0 Å². The second-order valence-corrected chi connectivity index (χ2v) is 6.24. The number of nitrogens with zero attached hydrogens (tertiary/aromatic N) is 5. The van der Waals surface area contributed by atoms with Crippen molar-refractivity contribution in [2.75, 3.05) is 27.7 Å². The molecule has 7 nitrogen and oxygen atoms in total. The molecular formula is C17H23N5O2. The van der Waals surface area contributed by atoms with Crippen molar-refractivity contribution in [1.82, 2.24) is 24.6 Å². The fraction of sp³-hybridized carbons (Fsp3) is 0.471. The van der Waals surface area contributed by atoms with Crippen molar-refractivity contribution in [3.05, 3.63) is 41.9 Å². The van der Waals surface area contributed by atoms with E-state index < -0.39 is 0 Å². The number of likely N-dealkylation sites (N-methyl/N-ethyl adjacent to an activating group) is 1. The van der Waals surface area contributed by atoms with Crippen molar-refractivity contribution >= 4 is 5.91 Å². The van der Waals surface area contributed by atoms with E-state index in [1.807, 2.05) is 29.7 Å². The van der Waals surface area contributed by atoms with Gasteiger partial charge in [0.1, 0.15) is 5.56 Å². The Bertz CT molecular complexity index is 713. The van der Waals surface area contributed by atoms with Gasteiger partial charge in [0.05, 0.1) is 19.3 Å². The van der Waals surface area contributed by atoms with E-state index in [0.29, 0.717) is 18.0 Å². The Hall–Kier alpha value is -2.41. The van der Waals surface area contributed by atoms with Crippen LogP contribution in [-0.4, -0.2) is 64.3 Å². The van der Waals surface area contributed by atoms with E-state index in [-0.39, 0.29) is 11.9 Å². The minimum Gasteiger partial charge on any atom is -0.480 e. The molecule has 3 rings (SSSR count). The lowest BCUT2D eigenvalue weighted by molar-refractivity contribution is 0.0622. The second-order valence-electron chi connectivity index (χ2n) is 6.24. The third kappa shape index (κ3) is 3.26. The number of amides is 1. The van der Waals surface area contributed by atoms with Crippen LogP contribution in [-0.2, 0) is 13.1 Å². The van der Waals surface area contributed by atoms with Gasteiger partial charge in [0.25, 0.3) is 5.91 Å².